The molecule has 4 rings (SSSR count). The number of morpholine rings is 1. The Bertz CT molecular complexity index is 600. The first-order valence-electron chi connectivity index (χ1n) is 9.10. The summed E-state index contributed by atoms with van der Waals surface area (Å²) in [4.78, 5) is 17.7. The maximum atomic E-state index is 13.1. The van der Waals surface area contributed by atoms with Crippen LogP contribution >= 0.6 is 0 Å². The molecule has 24 heavy (non-hydrogen) atoms. The quantitative estimate of drug-likeness (QED) is 0.846. The van der Waals surface area contributed by atoms with Crippen LogP contribution in [0.3, 0.4) is 0 Å². The molecule has 0 saturated carbocycles. The molecule has 2 saturated heterocycles. The van der Waals surface area contributed by atoms with Crippen molar-refractivity contribution in [2.24, 2.45) is 5.92 Å². The number of para-hydroxylation sites is 1. The lowest BCUT2D eigenvalue weighted by molar-refractivity contribution is -0.132. The molecule has 3 heterocycles. The second-order valence-electron chi connectivity index (χ2n) is 7.03. The van der Waals surface area contributed by atoms with E-state index in [2.05, 4.69) is 16.7 Å². The summed E-state index contributed by atoms with van der Waals surface area (Å²) in [6.45, 7) is 8.02. The lowest BCUT2D eigenvalue weighted by Crippen LogP contribution is -2.47. The largest absolute Gasteiger partial charge is 0.492 e. The molecule has 0 radical (unpaired) electrons. The zero-order valence-corrected chi connectivity index (χ0v) is 14.3. The van der Waals surface area contributed by atoms with Gasteiger partial charge in [0.15, 0.2) is 0 Å². The number of amides is 1. The molecule has 0 unspecified atom stereocenters. The fourth-order valence-corrected chi connectivity index (χ4v) is 4.35. The minimum atomic E-state index is -0.137. The van der Waals surface area contributed by atoms with Crippen molar-refractivity contribution in [3.05, 3.63) is 29.8 Å². The van der Waals surface area contributed by atoms with Gasteiger partial charge in [0.25, 0.3) is 0 Å². The van der Waals surface area contributed by atoms with Gasteiger partial charge in [-0.2, -0.15) is 0 Å². The standard InChI is InChI=1S/C19H26N2O3/c1-2-14-11-21(12-17(14)20-7-9-23-10-8-20)19(22)16-13-24-18-6-4-3-5-15(16)18/h3-6,14,16-17H,2,7-13H2,1H3/t14-,16+,17-/m1/s1. The van der Waals surface area contributed by atoms with E-state index < -0.39 is 0 Å². The molecule has 5 nitrogen and oxygen atoms in total. The highest BCUT2D eigenvalue weighted by Crippen LogP contribution is 2.36. The highest BCUT2D eigenvalue weighted by molar-refractivity contribution is 5.86. The number of ether oxygens (including phenoxy) is 2. The van der Waals surface area contributed by atoms with Crippen molar-refractivity contribution >= 4 is 5.91 Å². The van der Waals surface area contributed by atoms with Gasteiger partial charge in [-0.25, -0.2) is 0 Å². The molecule has 3 aliphatic heterocycles. The van der Waals surface area contributed by atoms with Crippen LogP contribution in [0.5, 0.6) is 5.75 Å². The van der Waals surface area contributed by atoms with E-state index in [1.807, 2.05) is 24.3 Å². The fourth-order valence-electron chi connectivity index (χ4n) is 4.35. The summed E-state index contributed by atoms with van der Waals surface area (Å²) in [5, 5.41) is 0. The topological polar surface area (TPSA) is 42.0 Å². The van der Waals surface area contributed by atoms with E-state index in [4.69, 9.17) is 9.47 Å². The molecule has 0 aromatic heterocycles. The Hall–Kier alpha value is -1.59. The van der Waals surface area contributed by atoms with Gasteiger partial charge in [0.05, 0.1) is 13.2 Å². The van der Waals surface area contributed by atoms with Crippen LogP contribution in [0.15, 0.2) is 24.3 Å². The molecular weight excluding hydrogens is 304 g/mol. The number of carbonyl (C=O) groups is 1. The maximum absolute atomic E-state index is 13.1. The summed E-state index contributed by atoms with van der Waals surface area (Å²) in [6.07, 6.45) is 1.11. The Labute approximate surface area is 143 Å². The van der Waals surface area contributed by atoms with Gasteiger partial charge in [-0.15, -0.1) is 0 Å². The number of nitrogens with zero attached hydrogens (tertiary/aromatic N) is 2. The summed E-state index contributed by atoms with van der Waals surface area (Å²) < 4.78 is 11.2. The van der Waals surface area contributed by atoms with Crippen molar-refractivity contribution in [3.63, 3.8) is 0 Å². The number of fused-ring (bicyclic) bond motifs is 1. The predicted octanol–water partition coefficient (Wildman–Crippen LogP) is 1.73. The van der Waals surface area contributed by atoms with Gasteiger partial charge in [-0.3, -0.25) is 9.69 Å². The molecule has 3 aliphatic rings. The third-order valence-corrected chi connectivity index (χ3v) is 5.76. The van der Waals surface area contributed by atoms with Gasteiger partial charge in [-0.05, 0) is 12.0 Å². The Kier molecular flexibility index (Phi) is 4.46. The van der Waals surface area contributed by atoms with Crippen molar-refractivity contribution < 1.29 is 14.3 Å². The van der Waals surface area contributed by atoms with Crippen LogP contribution in [-0.4, -0.2) is 67.7 Å². The lowest BCUT2D eigenvalue weighted by atomic mass is 9.99. The molecule has 1 aromatic rings. The summed E-state index contributed by atoms with van der Waals surface area (Å²) >= 11 is 0. The lowest BCUT2D eigenvalue weighted by Gasteiger charge is -2.34. The SMILES string of the molecule is CC[C@@H]1CN(C(=O)[C@H]2COc3ccccc32)C[C@H]1N1CCOCC1. The smallest absolute Gasteiger partial charge is 0.233 e. The normalized spacial score (nSPS) is 30.2. The van der Waals surface area contributed by atoms with Crippen molar-refractivity contribution in [1.29, 1.82) is 0 Å². The van der Waals surface area contributed by atoms with E-state index in [0.717, 1.165) is 57.1 Å². The highest BCUT2D eigenvalue weighted by atomic mass is 16.5. The molecule has 0 spiro atoms. The summed E-state index contributed by atoms with van der Waals surface area (Å²) in [6, 6.07) is 8.41. The number of carbonyl (C=O) groups excluding carboxylic acids is 1. The zero-order valence-electron chi connectivity index (χ0n) is 14.3. The average Bonchev–Trinajstić information content (AvgIpc) is 3.26. The average molecular weight is 330 g/mol. The van der Waals surface area contributed by atoms with E-state index in [9.17, 15) is 4.79 Å². The molecule has 1 aromatic carbocycles. The van der Waals surface area contributed by atoms with Gasteiger partial charge >= 0.3 is 0 Å². The van der Waals surface area contributed by atoms with Crippen LogP contribution < -0.4 is 4.74 Å². The van der Waals surface area contributed by atoms with Gasteiger partial charge in [0, 0.05) is 37.8 Å². The highest BCUT2D eigenvalue weighted by Gasteiger charge is 2.41. The first-order valence-corrected chi connectivity index (χ1v) is 9.10. The summed E-state index contributed by atoms with van der Waals surface area (Å²) in [7, 11) is 0. The van der Waals surface area contributed by atoms with Crippen LogP contribution in [0, 0.1) is 5.92 Å². The molecule has 0 N–H and O–H groups in total. The van der Waals surface area contributed by atoms with Crippen molar-refractivity contribution in [2.45, 2.75) is 25.3 Å². The molecule has 130 valence electrons. The summed E-state index contributed by atoms with van der Waals surface area (Å²) in [5.41, 5.74) is 1.05. The van der Waals surface area contributed by atoms with E-state index in [-0.39, 0.29) is 11.8 Å². The Morgan fingerprint density at radius 2 is 2.00 bits per heavy atom. The molecular formula is C19H26N2O3. The minimum absolute atomic E-state index is 0.137. The van der Waals surface area contributed by atoms with Crippen LogP contribution in [0.25, 0.3) is 0 Å². The van der Waals surface area contributed by atoms with Gasteiger partial charge in [-0.1, -0.05) is 31.5 Å². The monoisotopic (exact) mass is 330 g/mol. The molecule has 5 heteroatoms. The number of hydrogen-bond donors (Lipinski definition) is 0. The molecule has 3 atom stereocenters. The molecule has 0 aliphatic carbocycles. The molecule has 0 bridgehead atoms. The van der Waals surface area contributed by atoms with E-state index in [0.29, 0.717) is 18.6 Å². The Morgan fingerprint density at radius 3 is 2.79 bits per heavy atom. The number of benzene rings is 1. The van der Waals surface area contributed by atoms with Gasteiger partial charge < -0.3 is 14.4 Å². The second-order valence-corrected chi connectivity index (χ2v) is 7.03. The minimum Gasteiger partial charge on any atom is -0.492 e. The first-order chi connectivity index (χ1) is 11.8. The molecule has 1 amide bonds. The number of likely N-dealkylation sites (tertiary alicyclic amines) is 1. The van der Waals surface area contributed by atoms with E-state index in [1.54, 1.807) is 0 Å². The van der Waals surface area contributed by atoms with E-state index >= 15 is 0 Å². The Morgan fingerprint density at radius 1 is 1.21 bits per heavy atom. The Balaban J connectivity index is 1.48. The molecule has 2 fully saturated rings. The van der Waals surface area contributed by atoms with Crippen LogP contribution in [0.4, 0.5) is 0 Å². The first kappa shape index (κ1) is 15.9. The number of hydrogen-bond acceptors (Lipinski definition) is 4. The third-order valence-electron chi connectivity index (χ3n) is 5.76. The van der Waals surface area contributed by atoms with Crippen molar-refractivity contribution in [2.75, 3.05) is 46.0 Å². The second kappa shape index (κ2) is 6.73. The third kappa shape index (κ3) is 2.80. The van der Waals surface area contributed by atoms with Gasteiger partial charge in [0.2, 0.25) is 5.91 Å². The van der Waals surface area contributed by atoms with Crippen LogP contribution in [-0.2, 0) is 9.53 Å². The van der Waals surface area contributed by atoms with Crippen LogP contribution in [0.1, 0.15) is 24.8 Å². The van der Waals surface area contributed by atoms with Crippen LogP contribution in [0.2, 0.25) is 0 Å². The fraction of sp³-hybridized carbons (Fsp3) is 0.632. The predicted molar refractivity (Wildman–Crippen MR) is 91.2 cm³/mol. The van der Waals surface area contributed by atoms with Gasteiger partial charge in [0.1, 0.15) is 18.3 Å². The van der Waals surface area contributed by atoms with Crippen molar-refractivity contribution in [1.82, 2.24) is 9.80 Å². The summed E-state index contributed by atoms with van der Waals surface area (Å²) in [5.74, 6) is 1.52. The van der Waals surface area contributed by atoms with Crippen molar-refractivity contribution in [3.8, 4) is 5.75 Å². The van der Waals surface area contributed by atoms with E-state index in [1.165, 1.54) is 0 Å². The number of rotatable bonds is 3. The maximum Gasteiger partial charge on any atom is 0.233 e. The zero-order chi connectivity index (χ0) is 16.5.